The molecule has 0 aliphatic rings. The highest BCUT2D eigenvalue weighted by molar-refractivity contribution is 5.49. The molecule has 0 saturated carbocycles. The van der Waals surface area contributed by atoms with Gasteiger partial charge < -0.3 is 4.74 Å². The highest BCUT2D eigenvalue weighted by atomic mass is 16.6. The summed E-state index contributed by atoms with van der Waals surface area (Å²) in [6.07, 6.45) is 1.47. The van der Waals surface area contributed by atoms with E-state index in [0.717, 1.165) is 18.4 Å². The molecule has 0 atom stereocenters. The van der Waals surface area contributed by atoms with Gasteiger partial charge in [0.2, 0.25) is 0 Å². The van der Waals surface area contributed by atoms with E-state index in [1.165, 1.54) is 6.07 Å². The zero-order valence-electron chi connectivity index (χ0n) is 12.4. The number of nitrogens with zero attached hydrogens (tertiary/aromatic N) is 2. The fourth-order valence-electron chi connectivity index (χ4n) is 1.93. The molecule has 5 heteroatoms. The van der Waals surface area contributed by atoms with Gasteiger partial charge in [-0.05, 0) is 52.2 Å². The SMILES string of the molecule is Cc1cc(C)c([N+](=O)[O-])cc1OCCCC(C)(C)C#N. The quantitative estimate of drug-likeness (QED) is 0.448. The minimum Gasteiger partial charge on any atom is -0.493 e. The molecule has 108 valence electrons. The Morgan fingerprint density at radius 3 is 2.55 bits per heavy atom. The third kappa shape index (κ3) is 4.23. The normalized spacial score (nSPS) is 10.9. The van der Waals surface area contributed by atoms with Crippen LogP contribution in [0.1, 0.15) is 37.8 Å². The topological polar surface area (TPSA) is 76.2 Å². The van der Waals surface area contributed by atoms with Gasteiger partial charge in [0.05, 0.1) is 29.1 Å². The second-order valence-electron chi connectivity index (χ2n) is 5.61. The van der Waals surface area contributed by atoms with Gasteiger partial charge in [0.25, 0.3) is 5.69 Å². The predicted molar refractivity (Wildman–Crippen MR) is 76.7 cm³/mol. The summed E-state index contributed by atoms with van der Waals surface area (Å²) < 4.78 is 5.61. The zero-order valence-corrected chi connectivity index (χ0v) is 12.4. The van der Waals surface area contributed by atoms with Crippen LogP contribution in [0.2, 0.25) is 0 Å². The van der Waals surface area contributed by atoms with Crippen LogP contribution in [0.25, 0.3) is 0 Å². The average Bonchev–Trinajstić information content (AvgIpc) is 2.36. The van der Waals surface area contributed by atoms with Crippen molar-refractivity contribution in [2.24, 2.45) is 5.41 Å². The maximum atomic E-state index is 10.9. The monoisotopic (exact) mass is 276 g/mol. The summed E-state index contributed by atoms with van der Waals surface area (Å²) in [6.45, 7) is 7.80. The molecule has 1 rings (SSSR count). The third-order valence-electron chi connectivity index (χ3n) is 3.20. The fraction of sp³-hybridized carbons (Fsp3) is 0.533. The Balaban J connectivity index is 2.67. The van der Waals surface area contributed by atoms with Gasteiger partial charge in [0.15, 0.2) is 0 Å². The number of ether oxygens (including phenoxy) is 1. The standard InChI is InChI=1S/C15H20N2O3/c1-11-8-12(2)14(9-13(11)17(18)19)20-7-5-6-15(3,4)10-16/h8-9H,5-7H2,1-4H3. The number of hydrogen-bond acceptors (Lipinski definition) is 4. The Bertz CT molecular complexity index is 545. The van der Waals surface area contributed by atoms with Crippen LogP contribution in [0.5, 0.6) is 5.75 Å². The molecule has 0 saturated heterocycles. The van der Waals surface area contributed by atoms with Gasteiger partial charge in [-0.2, -0.15) is 5.26 Å². The maximum Gasteiger partial charge on any atom is 0.276 e. The van der Waals surface area contributed by atoms with E-state index in [1.807, 2.05) is 20.8 Å². The largest absolute Gasteiger partial charge is 0.493 e. The highest BCUT2D eigenvalue weighted by Crippen LogP contribution is 2.28. The van der Waals surface area contributed by atoms with Crippen LogP contribution in [0.3, 0.4) is 0 Å². The predicted octanol–water partition coefficient (Wildman–Crippen LogP) is 3.92. The van der Waals surface area contributed by atoms with Crippen LogP contribution in [0.4, 0.5) is 5.69 Å². The molecule has 0 aliphatic carbocycles. The average molecular weight is 276 g/mol. The van der Waals surface area contributed by atoms with Gasteiger partial charge in [-0.1, -0.05) is 0 Å². The Kier molecular flexibility index (Phi) is 5.09. The van der Waals surface area contributed by atoms with E-state index in [9.17, 15) is 10.1 Å². The molecule has 0 amide bonds. The first-order valence-corrected chi connectivity index (χ1v) is 6.56. The van der Waals surface area contributed by atoms with Crippen LogP contribution >= 0.6 is 0 Å². The van der Waals surface area contributed by atoms with Crippen molar-refractivity contribution >= 4 is 5.69 Å². The molecule has 1 aromatic carbocycles. The molecule has 0 N–H and O–H groups in total. The first kappa shape index (κ1) is 16.0. The lowest BCUT2D eigenvalue weighted by molar-refractivity contribution is -0.385. The second kappa shape index (κ2) is 6.38. The van der Waals surface area contributed by atoms with Crippen molar-refractivity contribution in [1.29, 1.82) is 5.26 Å². The van der Waals surface area contributed by atoms with Crippen molar-refractivity contribution in [3.05, 3.63) is 33.4 Å². The molecular weight excluding hydrogens is 256 g/mol. The summed E-state index contributed by atoms with van der Waals surface area (Å²) in [5.41, 5.74) is 1.22. The molecule has 0 aromatic heterocycles. The molecule has 20 heavy (non-hydrogen) atoms. The first-order valence-electron chi connectivity index (χ1n) is 6.56. The van der Waals surface area contributed by atoms with Gasteiger partial charge in [-0.15, -0.1) is 0 Å². The van der Waals surface area contributed by atoms with Crippen LogP contribution in [-0.2, 0) is 0 Å². The van der Waals surface area contributed by atoms with Crippen LogP contribution in [-0.4, -0.2) is 11.5 Å². The Labute approximate surface area is 119 Å². The Morgan fingerprint density at radius 2 is 2.00 bits per heavy atom. The van der Waals surface area contributed by atoms with E-state index in [-0.39, 0.29) is 11.1 Å². The van der Waals surface area contributed by atoms with Crippen molar-refractivity contribution in [3.63, 3.8) is 0 Å². The van der Waals surface area contributed by atoms with Gasteiger partial charge >= 0.3 is 0 Å². The van der Waals surface area contributed by atoms with Crippen LogP contribution in [0.15, 0.2) is 12.1 Å². The minimum atomic E-state index is -0.402. The number of nitriles is 1. The molecular formula is C15H20N2O3. The van der Waals surface area contributed by atoms with Gasteiger partial charge in [0.1, 0.15) is 5.75 Å². The van der Waals surface area contributed by atoms with E-state index >= 15 is 0 Å². The molecule has 0 heterocycles. The number of rotatable bonds is 6. The number of nitro benzene ring substituents is 1. The smallest absolute Gasteiger partial charge is 0.276 e. The summed E-state index contributed by atoms with van der Waals surface area (Å²) in [5, 5.41) is 19.8. The number of nitro groups is 1. The fourth-order valence-corrected chi connectivity index (χ4v) is 1.93. The van der Waals surface area contributed by atoms with Crippen molar-refractivity contribution in [1.82, 2.24) is 0 Å². The van der Waals surface area contributed by atoms with Crippen molar-refractivity contribution in [2.75, 3.05) is 6.61 Å². The molecule has 0 radical (unpaired) electrons. The molecule has 5 nitrogen and oxygen atoms in total. The number of aryl methyl sites for hydroxylation is 2. The summed E-state index contributed by atoms with van der Waals surface area (Å²) in [7, 11) is 0. The van der Waals surface area contributed by atoms with Crippen molar-refractivity contribution < 1.29 is 9.66 Å². The summed E-state index contributed by atoms with van der Waals surface area (Å²) in [5.74, 6) is 0.539. The van der Waals surface area contributed by atoms with E-state index in [2.05, 4.69) is 6.07 Å². The first-order chi connectivity index (χ1) is 9.26. The Morgan fingerprint density at radius 1 is 1.35 bits per heavy atom. The van der Waals surface area contributed by atoms with Crippen LogP contribution < -0.4 is 4.74 Å². The Hall–Kier alpha value is -2.09. The van der Waals surface area contributed by atoms with Crippen molar-refractivity contribution in [3.8, 4) is 11.8 Å². The lowest BCUT2D eigenvalue weighted by Crippen LogP contribution is -2.10. The lowest BCUT2D eigenvalue weighted by Gasteiger charge is -2.15. The molecule has 0 fully saturated rings. The van der Waals surface area contributed by atoms with Gasteiger partial charge in [0, 0.05) is 5.56 Å². The lowest BCUT2D eigenvalue weighted by atomic mass is 9.90. The van der Waals surface area contributed by atoms with Crippen LogP contribution in [0, 0.1) is 40.7 Å². The van der Waals surface area contributed by atoms with E-state index in [1.54, 1.807) is 13.0 Å². The second-order valence-corrected chi connectivity index (χ2v) is 5.61. The van der Waals surface area contributed by atoms with E-state index in [0.29, 0.717) is 17.9 Å². The molecule has 0 unspecified atom stereocenters. The summed E-state index contributed by atoms with van der Waals surface area (Å²) >= 11 is 0. The van der Waals surface area contributed by atoms with E-state index in [4.69, 9.17) is 10.00 Å². The van der Waals surface area contributed by atoms with E-state index < -0.39 is 4.92 Å². The molecule has 0 bridgehead atoms. The number of hydrogen-bond donors (Lipinski definition) is 0. The minimum absolute atomic E-state index is 0.0722. The summed E-state index contributed by atoms with van der Waals surface area (Å²) in [4.78, 5) is 10.5. The van der Waals surface area contributed by atoms with Gasteiger partial charge in [-0.3, -0.25) is 10.1 Å². The maximum absolute atomic E-state index is 10.9. The summed E-state index contributed by atoms with van der Waals surface area (Å²) in [6, 6.07) is 5.47. The number of benzene rings is 1. The molecule has 1 aromatic rings. The van der Waals surface area contributed by atoms with Gasteiger partial charge in [-0.25, -0.2) is 0 Å². The molecule has 0 aliphatic heterocycles. The third-order valence-corrected chi connectivity index (χ3v) is 3.20. The zero-order chi connectivity index (χ0) is 15.3. The highest BCUT2D eigenvalue weighted by Gasteiger charge is 2.17. The molecule has 0 spiro atoms. The van der Waals surface area contributed by atoms with Crippen molar-refractivity contribution in [2.45, 2.75) is 40.5 Å².